The number of aromatic nitrogens is 2. The molecule has 1 aromatic heterocycles. The van der Waals surface area contributed by atoms with Gasteiger partial charge in [-0.2, -0.15) is 0 Å². The van der Waals surface area contributed by atoms with Crippen LogP contribution in [0.2, 0.25) is 0 Å². The lowest BCUT2D eigenvalue weighted by molar-refractivity contribution is 0.125. The molecule has 0 spiro atoms. The summed E-state index contributed by atoms with van der Waals surface area (Å²) in [4.78, 5) is 15.1. The second kappa shape index (κ2) is 4.76. The van der Waals surface area contributed by atoms with Gasteiger partial charge in [0.15, 0.2) is 0 Å². The molecule has 0 radical (unpaired) electrons. The summed E-state index contributed by atoms with van der Waals surface area (Å²) in [6, 6.07) is -0.276. The first kappa shape index (κ1) is 10.7. The Morgan fingerprint density at radius 2 is 2.36 bits per heavy atom. The van der Waals surface area contributed by atoms with Gasteiger partial charge in [-0.05, 0) is 5.92 Å². The van der Waals surface area contributed by atoms with Gasteiger partial charge >= 0.3 is 6.03 Å². The zero-order valence-corrected chi connectivity index (χ0v) is 8.34. The minimum absolute atomic E-state index is 0.137. The predicted octanol–water partition coefficient (Wildman–Crippen LogP) is 0.458. The number of imidazole rings is 1. The van der Waals surface area contributed by atoms with Crippen molar-refractivity contribution in [2.24, 2.45) is 5.92 Å². The lowest BCUT2D eigenvalue weighted by Gasteiger charge is -2.14. The van der Waals surface area contributed by atoms with Crippen LogP contribution in [0.3, 0.4) is 0 Å². The van der Waals surface area contributed by atoms with E-state index in [0.717, 1.165) is 0 Å². The molecule has 78 valence electrons. The molecule has 0 saturated heterocycles. The molecule has 14 heavy (non-hydrogen) atoms. The number of nitrogens with zero attached hydrogens (tertiary/aromatic N) is 2. The first-order valence-electron chi connectivity index (χ1n) is 4.55. The van der Waals surface area contributed by atoms with Gasteiger partial charge in [0, 0.05) is 18.9 Å². The SMILES string of the molecule is CC(C)C(O)CNC(=O)n1ccnc1. The maximum Gasteiger partial charge on any atom is 0.326 e. The highest BCUT2D eigenvalue weighted by molar-refractivity contribution is 5.76. The van der Waals surface area contributed by atoms with Gasteiger partial charge in [-0.25, -0.2) is 9.78 Å². The van der Waals surface area contributed by atoms with Gasteiger partial charge in [0.2, 0.25) is 0 Å². The zero-order valence-electron chi connectivity index (χ0n) is 8.34. The predicted molar refractivity (Wildman–Crippen MR) is 51.9 cm³/mol. The van der Waals surface area contributed by atoms with Crippen molar-refractivity contribution in [1.82, 2.24) is 14.9 Å². The number of aliphatic hydroxyl groups is 1. The highest BCUT2D eigenvalue weighted by atomic mass is 16.3. The second-order valence-electron chi connectivity index (χ2n) is 3.47. The van der Waals surface area contributed by atoms with Crippen LogP contribution in [0, 0.1) is 5.92 Å². The largest absolute Gasteiger partial charge is 0.391 e. The molecule has 0 fully saturated rings. The van der Waals surface area contributed by atoms with Crippen molar-refractivity contribution in [2.75, 3.05) is 6.54 Å². The van der Waals surface area contributed by atoms with E-state index in [2.05, 4.69) is 10.3 Å². The lowest BCUT2D eigenvalue weighted by Crippen LogP contribution is -2.36. The van der Waals surface area contributed by atoms with Gasteiger partial charge in [0.1, 0.15) is 6.33 Å². The summed E-state index contributed by atoms with van der Waals surface area (Å²) < 4.78 is 1.33. The van der Waals surface area contributed by atoms with E-state index in [1.54, 1.807) is 6.20 Å². The highest BCUT2D eigenvalue weighted by Gasteiger charge is 2.10. The first-order valence-corrected chi connectivity index (χ1v) is 4.55. The van der Waals surface area contributed by atoms with Gasteiger partial charge in [-0.3, -0.25) is 4.57 Å². The fraction of sp³-hybridized carbons (Fsp3) is 0.556. The Kier molecular flexibility index (Phi) is 3.64. The summed E-state index contributed by atoms with van der Waals surface area (Å²) in [6.07, 6.45) is 3.98. The van der Waals surface area contributed by atoms with Gasteiger partial charge in [-0.1, -0.05) is 13.8 Å². The van der Waals surface area contributed by atoms with Gasteiger partial charge < -0.3 is 10.4 Å². The van der Waals surface area contributed by atoms with Crippen molar-refractivity contribution in [3.05, 3.63) is 18.7 Å². The Hall–Kier alpha value is -1.36. The molecule has 1 rings (SSSR count). The minimum atomic E-state index is -0.512. The summed E-state index contributed by atoms with van der Waals surface area (Å²) in [7, 11) is 0. The summed E-state index contributed by atoms with van der Waals surface area (Å²) in [5.74, 6) is 0.137. The van der Waals surface area contributed by atoms with Crippen LogP contribution in [0.15, 0.2) is 18.7 Å². The molecule has 1 amide bonds. The molecular formula is C9H15N3O2. The summed E-state index contributed by atoms with van der Waals surface area (Å²) in [5, 5.41) is 12.0. The van der Waals surface area contributed by atoms with E-state index in [-0.39, 0.29) is 18.5 Å². The van der Waals surface area contributed by atoms with Crippen LogP contribution >= 0.6 is 0 Å². The molecule has 1 aromatic rings. The molecule has 0 aliphatic carbocycles. The maximum absolute atomic E-state index is 11.3. The van der Waals surface area contributed by atoms with E-state index >= 15 is 0 Å². The Balaban J connectivity index is 2.36. The topological polar surface area (TPSA) is 67.2 Å². The van der Waals surface area contributed by atoms with Crippen LogP contribution in [0.4, 0.5) is 4.79 Å². The second-order valence-corrected chi connectivity index (χ2v) is 3.47. The number of carbonyl (C=O) groups is 1. The van der Waals surface area contributed by atoms with Crippen LogP contribution < -0.4 is 5.32 Å². The van der Waals surface area contributed by atoms with Crippen molar-refractivity contribution in [1.29, 1.82) is 0 Å². The standard InChI is InChI=1S/C9H15N3O2/c1-7(2)8(13)5-11-9(14)12-4-3-10-6-12/h3-4,6-8,13H,5H2,1-2H3,(H,11,14). The van der Waals surface area contributed by atoms with E-state index in [1.807, 2.05) is 13.8 Å². The average Bonchev–Trinajstić information content (AvgIpc) is 2.66. The summed E-state index contributed by atoms with van der Waals surface area (Å²) in [5.41, 5.74) is 0. The Morgan fingerprint density at radius 3 is 2.86 bits per heavy atom. The molecule has 5 heteroatoms. The average molecular weight is 197 g/mol. The molecule has 0 aliphatic rings. The lowest BCUT2D eigenvalue weighted by atomic mass is 10.1. The number of aliphatic hydroxyl groups excluding tert-OH is 1. The highest BCUT2D eigenvalue weighted by Crippen LogP contribution is 1.98. The fourth-order valence-corrected chi connectivity index (χ4v) is 0.898. The third kappa shape index (κ3) is 2.85. The smallest absolute Gasteiger partial charge is 0.326 e. The maximum atomic E-state index is 11.3. The molecule has 0 bridgehead atoms. The van der Waals surface area contributed by atoms with E-state index in [0.29, 0.717) is 0 Å². The van der Waals surface area contributed by atoms with Crippen LogP contribution in [0.5, 0.6) is 0 Å². The monoisotopic (exact) mass is 197 g/mol. The van der Waals surface area contributed by atoms with Crippen molar-refractivity contribution >= 4 is 6.03 Å². The summed E-state index contributed by atoms with van der Waals surface area (Å²) >= 11 is 0. The molecule has 1 atom stereocenters. The Morgan fingerprint density at radius 1 is 1.64 bits per heavy atom. The van der Waals surface area contributed by atoms with E-state index in [4.69, 9.17) is 0 Å². The third-order valence-corrected chi connectivity index (χ3v) is 1.97. The van der Waals surface area contributed by atoms with E-state index in [1.165, 1.54) is 17.1 Å². The number of hydrogen-bond acceptors (Lipinski definition) is 3. The van der Waals surface area contributed by atoms with Crippen LogP contribution in [-0.2, 0) is 0 Å². The number of amides is 1. The molecule has 1 unspecified atom stereocenters. The van der Waals surface area contributed by atoms with Crippen molar-refractivity contribution in [3.63, 3.8) is 0 Å². The fourth-order valence-electron chi connectivity index (χ4n) is 0.898. The van der Waals surface area contributed by atoms with Crippen molar-refractivity contribution in [2.45, 2.75) is 20.0 Å². The number of nitrogens with one attached hydrogen (secondary N) is 1. The molecule has 0 aliphatic heterocycles. The first-order chi connectivity index (χ1) is 6.61. The van der Waals surface area contributed by atoms with Gasteiger partial charge in [0.05, 0.1) is 6.10 Å². The van der Waals surface area contributed by atoms with Crippen LogP contribution in [0.1, 0.15) is 13.8 Å². The third-order valence-electron chi connectivity index (χ3n) is 1.97. The molecule has 2 N–H and O–H groups in total. The normalized spacial score (nSPS) is 12.9. The molecule has 0 aromatic carbocycles. The van der Waals surface area contributed by atoms with Crippen molar-refractivity contribution < 1.29 is 9.90 Å². The molecule has 5 nitrogen and oxygen atoms in total. The Bertz CT molecular complexity index is 282. The molecule has 0 saturated carbocycles. The van der Waals surface area contributed by atoms with Crippen LogP contribution in [-0.4, -0.2) is 33.3 Å². The summed E-state index contributed by atoms with van der Waals surface area (Å²) in [6.45, 7) is 4.05. The van der Waals surface area contributed by atoms with Crippen molar-refractivity contribution in [3.8, 4) is 0 Å². The minimum Gasteiger partial charge on any atom is -0.391 e. The van der Waals surface area contributed by atoms with Gasteiger partial charge in [-0.15, -0.1) is 0 Å². The number of rotatable bonds is 3. The quantitative estimate of drug-likeness (QED) is 0.739. The van der Waals surface area contributed by atoms with E-state index in [9.17, 15) is 9.90 Å². The number of hydrogen-bond donors (Lipinski definition) is 2. The molecule has 1 heterocycles. The zero-order chi connectivity index (χ0) is 10.6. The van der Waals surface area contributed by atoms with E-state index < -0.39 is 6.10 Å². The molecular weight excluding hydrogens is 182 g/mol. The Labute approximate surface area is 82.8 Å². The number of carbonyl (C=O) groups excluding carboxylic acids is 1. The van der Waals surface area contributed by atoms with Crippen LogP contribution in [0.25, 0.3) is 0 Å². The van der Waals surface area contributed by atoms with Gasteiger partial charge in [0.25, 0.3) is 0 Å².